The van der Waals surface area contributed by atoms with Gasteiger partial charge in [-0.15, -0.1) is 0 Å². The van der Waals surface area contributed by atoms with Gasteiger partial charge >= 0.3 is 0 Å². The van der Waals surface area contributed by atoms with Crippen molar-refractivity contribution < 1.29 is 91.7 Å². The molecule has 3 saturated carbocycles. The number of aromatic nitrogens is 2. The van der Waals surface area contributed by atoms with Crippen molar-refractivity contribution in [2.75, 3.05) is 32.8 Å². The molecule has 1 aromatic rings. The maximum Gasteiger partial charge on any atom is 0.248 e. The number of H-pyrrole nitrogens is 1. The molecule has 47 nitrogen and oxygen atoms in total. The molecule has 2 heterocycles. The van der Waals surface area contributed by atoms with E-state index < -0.39 is 222 Å². The summed E-state index contributed by atoms with van der Waals surface area (Å²) in [6.07, 6.45) is 11.2. The number of hydrogen-bond donors (Lipinski definition) is 25. The summed E-state index contributed by atoms with van der Waals surface area (Å²) in [7, 11) is 0. The van der Waals surface area contributed by atoms with E-state index in [1.807, 2.05) is 0 Å². The zero-order valence-corrected chi connectivity index (χ0v) is 77.0. The van der Waals surface area contributed by atoms with Crippen LogP contribution in [-0.4, -0.2) is 266 Å². The van der Waals surface area contributed by atoms with E-state index in [4.69, 9.17) is 51.6 Å². The number of carbonyl (C=O) groups is 17. The van der Waals surface area contributed by atoms with E-state index in [-0.39, 0.29) is 145 Å². The minimum absolute atomic E-state index is 0.00772. The fourth-order valence-corrected chi connectivity index (χ4v) is 16.8. The maximum absolute atomic E-state index is 15.3. The van der Waals surface area contributed by atoms with Crippen LogP contribution in [0.5, 0.6) is 0 Å². The lowest BCUT2D eigenvalue weighted by Gasteiger charge is -2.34. The van der Waals surface area contributed by atoms with Crippen LogP contribution in [-0.2, 0) is 87.9 Å². The minimum Gasteiger partial charge on any atom is -0.394 e. The molecule has 132 heavy (non-hydrogen) atoms. The van der Waals surface area contributed by atoms with E-state index in [1.54, 1.807) is 13.8 Å². The second-order valence-electron chi connectivity index (χ2n) is 35.7. The Morgan fingerprint density at radius 1 is 0.470 bits per heavy atom. The van der Waals surface area contributed by atoms with Crippen molar-refractivity contribution in [1.82, 2.24) is 84.0 Å². The van der Waals surface area contributed by atoms with E-state index in [0.717, 1.165) is 84.5 Å². The molecule has 3 aliphatic carbocycles. The van der Waals surface area contributed by atoms with Crippen molar-refractivity contribution >= 4 is 118 Å². The van der Waals surface area contributed by atoms with Crippen LogP contribution < -0.4 is 121 Å². The van der Waals surface area contributed by atoms with E-state index >= 15 is 14.4 Å². The molecule has 0 spiro atoms. The average molecular weight is 1860 g/mol. The third-order valence-corrected chi connectivity index (χ3v) is 24.2. The molecule has 740 valence electrons. The first-order valence-corrected chi connectivity index (χ1v) is 46.0. The molecule has 4 fully saturated rings. The summed E-state index contributed by atoms with van der Waals surface area (Å²) in [4.78, 5) is 261. The monoisotopic (exact) mass is 1860 g/mol. The van der Waals surface area contributed by atoms with Gasteiger partial charge in [-0.2, -0.15) is 0 Å². The van der Waals surface area contributed by atoms with Gasteiger partial charge in [0.05, 0.1) is 25.5 Å². The lowest BCUT2D eigenvalue weighted by atomic mass is 9.83. The number of carbonyl (C=O) groups excluding carboxylic acids is 17. The quantitative estimate of drug-likeness (QED) is 0.0164. The molecular formula is C85H146N28O19. The Kier molecular flexibility index (Phi) is 47.4. The molecule has 1 saturated heterocycles. The predicted molar refractivity (Wildman–Crippen MR) is 486 cm³/mol. The highest BCUT2D eigenvalue weighted by Gasteiger charge is 2.44. The fourth-order valence-electron chi connectivity index (χ4n) is 16.8. The van der Waals surface area contributed by atoms with Crippen molar-refractivity contribution in [2.24, 2.45) is 90.3 Å². The van der Waals surface area contributed by atoms with Crippen LogP contribution in [0.25, 0.3) is 0 Å². The number of hydrogen-bond acceptors (Lipinski definition) is 23. The Balaban J connectivity index is 1.40. The third-order valence-electron chi connectivity index (χ3n) is 24.2. The van der Waals surface area contributed by atoms with Crippen molar-refractivity contribution in [2.45, 2.75) is 337 Å². The molecule has 17 amide bonds. The molecule has 1 aromatic heterocycles. The minimum atomic E-state index is -2.00. The van der Waals surface area contributed by atoms with Crippen LogP contribution >= 0.6 is 0 Å². The summed E-state index contributed by atoms with van der Waals surface area (Å²) >= 11 is 0. The van der Waals surface area contributed by atoms with Crippen molar-refractivity contribution in [3.63, 3.8) is 0 Å². The Morgan fingerprint density at radius 2 is 0.871 bits per heavy atom. The van der Waals surface area contributed by atoms with E-state index in [0.29, 0.717) is 37.8 Å². The first kappa shape index (κ1) is 110. The number of primary amides is 3. The molecule has 47 heteroatoms. The Morgan fingerprint density at radius 3 is 1.28 bits per heavy atom. The summed E-state index contributed by atoms with van der Waals surface area (Å²) in [5.41, 5.74) is 48.9. The molecule has 15 atom stereocenters. The van der Waals surface area contributed by atoms with Crippen LogP contribution in [0, 0.1) is 23.7 Å². The van der Waals surface area contributed by atoms with Crippen molar-refractivity contribution in [3.05, 3.63) is 18.2 Å². The molecule has 5 rings (SSSR count). The van der Waals surface area contributed by atoms with E-state index in [2.05, 4.69) is 94.1 Å². The normalized spacial score (nSPS) is 18.2. The summed E-state index contributed by atoms with van der Waals surface area (Å²) in [6.45, 7) is 7.73. The number of guanidine groups is 3. The number of aliphatic hydroxyl groups is 2. The number of aliphatic imine (C=N–C) groups is 3. The first-order valence-electron chi connectivity index (χ1n) is 46.0. The summed E-state index contributed by atoms with van der Waals surface area (Å²) in [5.74, 6) is -17.0. The van der Waals surface area contributed by atoms with Gasteiger partial charge < -0.3 is 141 Å². The highest BCUT2D eigenvalue weighted by atomic mass is 16.3. The summed E-state index contributed by atoms with van der Waals surface area (Å²) in [6, 6.07) is -19.4. The smallest absolute Gasteiger partial charge is 0.248 e. The number of nitrogens with zero attached hydrogens (tertiary/aromatic N) is 5. The number of nitrogens with two attached hydrogens (primary N) is 9. The fraction of sp³-hybridized carbons (Fsp3) is 0.729. The standard InChI is InChI=1S/C85H146N28O19/c1-7-85(6,81(132)111-67(47(4)115)79(130)104-55(29-19-35-98-84(93)94)69(120)102-56(31-32-65(86)117)72(123)101-53(27-17-33-96-82(89)90)70(121)105-57(68(88)119)38-49-21-11-8-12-22-49)112-77(128)58(37-46(2)3)106-76(127)62(42-66(87)118)110-74(125)60(40-51-25-15-10-16-26-51)107-73(124)59(39-50-23-13-9-14-24-50)108-75(126)61(41-52-43-95-45-99-52)109-71(122)54(28-18-34-97-83(91)92)103-78(129)64-30-20-36-113(64)80(131)63(44-114)100-48(5)116/h43,45-47,49-51,53-64,67,114-115H,7-42,44H2,1-6H3,(H2,86,117)(H2,87,118)(H2,88,119)(H,95,99)(H,100,116)(H,101,123)(H,102,120)(H,103,129)(H,104,130)(H,105,121)(H,106,127)(H,107,124)(H,108,126)(H,109,122)(H,110,125)(H,111,132)(H,112,128)(H4,89,90,96)(H4,91,92,97)(H4,93,94,98)/t47-,53+,54+,55+,56+,57+,58+,59+,60+,61+,62+,63+,64-,67+,85+/m1/s1. The molecule has 0 unspecified atom stereocenters. The van der Waals surface area contributed by atoms with Gasteiger partial charge in [0.1, 0.15) is 84.1 Å². The first-order chi connectivity index (χ1) is 62.5. The lowest BCUT2D eigenvalue weighted by molar-refractivity contribution is -0.143. The molecule has 0 radical (unpaired) electrons. The SMILES string of the molecule is CC[C@](C)(NC(=O)[C@H](CC(C)C)NC(=O)[C@H](CC(N)=O)NC(=O)[C@H](CC1CCCCC1)NC(=O)[C@H](CC1CCCCC1)NC(=O)[C@H](Cc1cnc[nH]1)NC(=O)[C@H](CCCN=C(N)N)NC(=O)[C@H]1CCCN1C(=O)[C@H](CO)NC(C)=O)C(=O)N[C@H](C(=O)N[C@@H](CCCN=C(N)N)C(=O)N[C@@H](CCC(N)=O)C(=O)N[C@@H](CCCN=C(N)N)C(=O)N[C@@H](CC1CCCCC1)C(N)=O)[C@@H](C)O. The van der Waals surface area contributed by atoms with Crippen LogP contribution in [0.15, 0.2) is 27.5 Å². The highest BCUT2D eigenvalue weighted by molar-refractivity contribution is 6.02. The number of likely N-dealkylation sites (tertiary alicyclic amines) is 1. The van der Waals surface area contributed by atoms with Gasteiger partial charge in [0.15, 0.2) is 17.9 Å². The molecule has 4 aliphatic rings. The second kappa shape index (κ2) is 56.6. The molecule has 0 aromatic carbocycles. The Labute approximate surface area is 769 Å². The average Bonchev–Trinajstić information content (AvgIpc) is 0.851. The number of aliphatic hydroxyl groups excluding tert-OH is 2. The van der Waals surface area contributed by atoms with Crippen LogP contribution in [0.3, 0.4) is 0 Å². The van der Waals surface area contributed by atoms with Crippen molar-refractivity contribution in [3.8, 4) is 0 Å². The molecule has 34 N–H and O–H groups in total. The highest BCUT2D eigenvalue weighted by Crippen LogP contribution is 2.31. The van der Waals surface area contributed by atoms with E-state index in [9.17, 15) is 77.3 Å². The molecular weight excluding hydrogens is 1720 g/mol. The van der Waals surface area contributed by atoms with Gasteiger partial charge in [-0.1, -0.05) is 117 Å². The Bertz CT molecular complexity index is 4100. The van der Waals surface area contributed by atoms with Gasteiger partial charge in [0.2, 0.25) is 100 Å². The number of nitrogens with one attached hydrogen (secondary N) is 14. The van der Waals surface area contributed by atoms with Gasteiger partial charge in [-0.3, -0.25) is 96.5 Å². The van der Waals surface area contributed by atoms with Gasteiger partial charge in [-0.25, -0.2) is 4.98 Å². The van der Waals surface area contributed by atoms with Crippen LogP contribution in [0.2, 0.25) is 0 Å². The predicted octanol–water partition coefficient (Wildman–Crippen LogP) is -5.82. The van der Waals surface area contributed by atoms with Crippen LogP contribution in [0.4, 0.5) is 0 Å². The second-order valence-corrected chi connectivity index (χ2v) is 35.7. The summed E-state index contributed by atoms with van der Waals surface area (Å²) < 4.78 is 0. The lowest BCUT2D eigenvalue weighted by Crippen LogP contribution is -2.65. The zero-order chi connectivity index (χ0) is 97.9. The largest absolute Gasteiger partial charge is 0.394 e. The van der Waals surface area contributed by atoms with E-state index in [1.165, 1.54) is 31.3 Å². The number of imidazole rings is 1. The van der Waals surface area contributed by atoms with Crippen LogP contribution in [0.1, 0.15) is 246 Å². The maximum atomic E-state index is 15.3. The number of amides is 17. The third kappa shape index (κ3) is 39.2. The van der Waals surface area contributed by atoms with Gasteiger partial charge in [-0.05, 0) is 127 Å². The van der Waals surface area contributed by atoms with Gasteiger partial charge in [0.25, 0.3) is 0 Å². The number of aromatic amines is 1. The number of rotatable bonds is 57. The van der Waals surface area contributed by atoms with Crippen molar-refractivity contribution in [1.29, 1.82) is 0 Å². The summed E-state index contributed by atoms with van der Waals surface area (Å²) in [5, 5.41) is 55.5. The Hall–Kier alpha value is -12.1. The van der Waals surface area contributed by atoms with Gasteiger partial charge in [0, 0.05) is 57.8 Å². The molecule has 0 bridgehead atoms. The molecule has 1 aliphatic heterocycles. The zero-order valence-electron chi connectivity index (χ0n) is 77.0. The topological polar surface area (TPSA) is 790 Å².